The van der Waals surface area contributed by atoms with Gasteiger partial charge in [0.05, 0.1) is 5.69 Å². The molecule has 1 heterocycles. The lowest BCUT2D eigenvalue weighted by molar-refractivity contribution is 0.744. The SMILES string of the molecule is CCCN(CCC)c1cccnc1N. The van der Waals surface area contributed by atoms with E-state index >= 15 is 0 Å². The van der Waals surface area contributed by atoms with Crippen LogP contribution in [0.5, 0.6) is 0 Å². The Labute approximate surface area is 85.9 Å². The van der Waals surface area contributed by atoms with Gasteiger partial charge in [-0.2, -0.15) is 0 Å². The molecule has 0 fully saturated rings. The van der Waals surface area contributed by atoms with Crippen molar-refractivity contribution in [3.05, 3.63) is 18.3 Å². The summed E-state index contributed by atoms with van der Waals surface area (Å²) in [6.45, 7) is 6.44. The van der Waals surface area contributed by atoms with Gasteiger partial charge in [0, 0.05) is 19.3 Å². The molecular formula is C11H19N3. The highest BCUT2D eigenvalue weighted by molar-refractivity contribution is 5.62. The largest absolute Gasteiger partial charge is 0.382 e. The number of nitrogens with two attached hydrogens (primary N) is 1. The van der Waals surface area contributed by atoms with Gasteiger partial charge in [-0.3, -0.25) is 0 Å². The summed E-state index contributed by atoms with van der Waals surface area (Å²) in [4.78, 5) is 6.39. The Bertz CT molecular complexity index is 267. The number of aromatic nitrogens is 1. The molecule has 1 rings (SSSR count). The number of nitrogens with zero attached hydrogens (tertiary/aromatic N) is 2. The Kier molecular flexibility index (Phi) is 4.23. The summed E-state index contributed by atoms with van der Waals surface area (Å²) in [6.07, 6.45) is 4.00. The van der Waals surface area contributed by atoms with E-state index in [-0.39, 0.29) is 0 Å². The van der Waals surface area contributed by atoms with E-state index in [9.17, 15) is 0 Å². The van der Waals surface area contributed by atoms with Gasteiger partial charge in [-0.15, -0.1) is 0 Å². The molecule has 0 aliphatic heterocycles. The molecule has 0 atom stereocenters. The van der Waals surface area contributed by atoms with Crippen LogP contribution in [0.2, 0.25) is 0 Å². The van der Waals surface area contributed by atoms with Crippen LogP contribution in [0, 0.1) is 0 Å². The van der Waals surface area contributed by atoms with Gasteiger partial charge < -0.3 is 10.6 Å². The van der Waals surface area contributed by atoms with Crippen molar-refractivity contribution in [3.63, 3.8) is 0 Å². The van der Waals surface area contributed by atoms with Crippen LogP contribution >= 0.6 is 0 Å². The second-order valence-electron chi connectivity index (χ2n) is 3.39. The lowest BCUT2D eigenvalue weighted by Gasteiger charge is -2.24. The van der Waals surface area contributed by atoms with Gasteiger partial charge in [-0.25, -0.2) is 4.98 Å². The second kappa shape index (κ2) is 5.47. The summed E-state index contributed by atoms with van der Waals surface area (Å²) in [5.41, 5.74) is 6.90. The molecule has 0 aliphatic carbocycles. The molecule has 0 amide bonds. The number of anilines is 2. The molecule has 0 bridgehead atoms. The molecular weight excluding hydrogens is 174 g/mol. The van der Waals surface area contributed by atoms with Crippen molar-refractivity contribution in [1.82, 2.24) is 4.98 Å². The third-order valence-electron chi connectivity index (χ3n) is 2.14. The standard InChI is InChI=1S/C11H19N3/c1-3-8-14(9-4-2)10-6-5-7-13-11(10)12/h5-7H,3-4,8-9H2,1-2H3,(H2,12,13). The minimum atomic E-state index is 0.634. The Balaban J connectivity index is 2.81. The van der Waals surface area contributed by atoms with Gasteiger partial charge in [0.15, 0.2) is 0 Å². The first-order valence-corrected chi connectivity index (χ1v) is 5.25. The third kappa shape index (κ3) is 2.62. The first-order chi connectivity index (χ1) is 6.79. The average molecular weight is 193 g/mol. The van der Waals surface area contributed by atoms with Crippen LogP contribution in [-0.4, -0.2) is 18.1 Å². The van der Waals surface area contributed by atoms with Crippen LogP contribution in [0.25, 0.3) is 0 Å². The maximum absolute atomic E-state index is 5.83. The highest BCUT2D eigenvalue weighted by Gasteiger charge is 2.07. The zero-order valence-corrected chi connectivity index (χ0v) is 9.03. The van der Waals surface area contributed by atoms with E-state index in [1.165, 1.54) is 0 Å². The summed E-state index contributed by atoms with van der Waals surface area (Å²) in [7, 11) is 0. The molecule has 0 aromatic carbocycles. The minimum absolute atomic E-state index is 0.634. The molecule has 0 spiro atoms. The highest BCUT2D eigenvalue weighted by Crippen LogP contribution is 2.20. The number of rotatable bonds is 5. The third-order valence-corrected chi connectivity index (χ3v) is 2.14. The van der Waals surface area contributed by atoms with Gasteiger partial charge in [0.2, 0.25) is 0 Å². The zero-order chi connectivity index (χ0) is 10.4. The maximum Gasteiger partial charge on any atom is 0.146 e. The Hall–Kier alpha value is -1.25. The zero-order valence-electron chi connectivity index (χ0n) is 9.03. The van der Waals surface area contributed by atoms with Crippen molar-refractivity contribution >= 4 is 11.5 Å². The molecule has 1 aromatic rings. The van der Waals surface area contributed by atoms with Crippen molar-refractivity contribution in [2.24, 2.45) is 0 Å². The number of hydrogen-bond acceptors (Lipinski definition) is 3. The molecule has 0 saturated carbocycles. The predicted molar refractivity (Wildman–Crippen MR) is 61.4 cm³/mol. The van der Waals surface area contributed by atoms with Crippen molar-refractivity contribution in [3.8, 4) is 0 Å². The van der Waals surface area contributed by atoms with Gasteiger partial charge in [0.1, 0.15) is 5.82 Å². The summed E-state index contributed by atoms with van der Waals surface area (Å²) in [6, 6.07) is 3.97. The van der Waals surface area contributed by atoms with Crippen LogP contribution in [-0.2, 0) is 0 Å². The lowest BCUT2D eigenvalue weighted by atomic mass is 10.3. The number of nitrogen functional groups attached to an aromatic ring is 1. The summed E-state index contributed by atoms with van der Waals surface area (Å²) in [5, 5.41) is 0. The van der Waals surface area contributed by atoms with E-state index in [1.54, 1.807) is 6.20 Å². The van der Waals surface area contributed by atoms with Gasteiger partial charge in [-0.05, 0) is 25.0 Å². The van der Waals surface area contributed by atoms with Crippen molar-refractivity contribution in [1.29, 1.82) is 0 Å². The molecule has 0 radical (unpaired) electrons. The average Bonchev–Trinajstić information content (AvgIpc) is 2.18. The van der Waals surface area contributed by atoms with Crippen molar-refractivity contribution < 1.29 is 0 Å². The van der Waals surface area contributed by atoms with E-state index < -0.39 is 0 Å². The van der Waals surface area contributed by atoms with Crippen LogP contribution < -0.4 is 10.6 Å². The Morgan fingerprint density at radius 1 is 1.29 bits per heavy atom. The molecule has 3 heteroatoms. The van der Waals surface area contributed by atoms with Crippen LogP contribution in [0.1, 0.15) is 26.7 Å². The first-order valence-electron chi connectivity index (χ1n) is 5.25. The van der Waals surface area contributed by atoms with E-state index in [4.69, 9.17) is 5.73 Å². The summed E-state index contributed by atoms with van der Waals surface area (Å²) in [5.74, 6) is 0.634. The molecule has 0 saturated heterocycles. The molecule has 3 nitrogen and oxygen atoms in total. The first kappa shape index (κ1) is 10.8. The fourth-order valence-electron chi connectivity index (χ4n) is 1.57. The molecule has 0 aliphatic rings. The molecule has 1 aromatic heterocycles. The highest BCUT2D eigenvalue weighted by atomic mass is 15.1. The number of hydrogen-bond donors (Lipinski definition) is 1. The molecule has 14 heavy (non-hydrogen) atoms. The van der Waals surface area contributed by atoms with Crippen LogP contribution in [0.3, 0.4) is 0 Å². The maximum atomic E-state index is 5.83. The van der Waals surface area contributed by atoms with Crippen LogP contribution in [0.4, 0.5) is 11.5 Å². The molecule has 78 valence electrons. The molecule has 2 N–H and O–H groups in total. The smallest absolute Gasteiger partial charge is 0.146 e. The van der Waals surface area contributed by atoms with E-state index in [1.807, 2.05) is 12.1 Å². The van der Waals surface area contributed by atoms with Gasteiger partial charge in [-0.1, -0.05) is 13.8 Å². The predicted octanol–water partition coefficient (Wildman–Crippen LogP) is 2.29. The van der Waals surface area contributed by atoms with Crippen molar-refractivity contribution in [2.75, 3.05) is 23.7 Å². The van der Waals surface area contributed by atoms with E-state index in [0.717, 1.165) is 31.6 Å². The van der Waals surface area contributed by atoms with E-state index in [0.29, 0.717) is 5.82 Å². The monoisotopic (exact) mass is 193 g/mol. The fraction of sp³-hybridized carbons (Fsp3) is 0.545. The number of pyridine rings is 1. The normalized spacial score (nSPS) is 10.1. The fourth-order valence-corrected chi connectivity index (χ4v) is 1.57. The Morgan fingerprint density at radius 2 is 1.93 bits per heavy atom. The minimum Gasteiger partial charge on any atom is -0.382 e. The molecule has 0 unspecified atom stereocenters. The van der Waals surface area contributed by atoms with Gasteiger partial charge in [0.25, 0.3) is 0 Å². The summed E-state index contributed by atoms with van der Waals surface area (Å²) >= 11 is 0. The van der Waals surface area contributed by atoms with Gasteiger partial charge >= 0.3 is 0 Å². The Morgan fingerprint density at radius 3 is 2.43 bits per heavy atom. The summed E-state index contributed by atoms with van der Waals surface area (Å²) < 4.78 is 0. The van der Waals surface area contributed by atoms with E-state index in [2.05, 4.69) is 23.7 Å². The lowest BCUT2D eigenvalue weighted by Crippen LogP contribution is -2.25. The topological polar surface area (TPSA) is 42.2 Å². The second-order valence-corrected chi connectivity index (χ2v) is 3.39. The quantitative estimate of drug-likeness (QED) is 0.780. The van der Waals surface area contributed by atoms with Crippen LogP contribution in [0.15, 0.2) is 18.3 Å². The van der Waals surface area contributed by atoms with Crippen molar-refractivity contribution in [2.45, 2.75) is 26.7 Å².